The highest BCUT2D eigenvalue weighted by atomic mass is 16.5. The number of nitrogens with zero attached hydrogens (tertiary/aromatic N) is 1. The summed E-state index contributed by atoms with van der Waals surface area (Å²) in [5, 5.41) is 19.0. The Labute approximate surface area is 108 Å². The summed E-state index contributed by atoms with van der Waals surface area (Å²) >= 11 is 0. The molecule has 0 unspecified atom stereocenters. The second kappa shape index (κ2) is 4.13. The third-order valence-corrected chi connectivity index (χ3v) is 2.74. The molecule has 3 rings (SSSR count). The van der Waals surface area contributed by atoms with Gasteiger partial charge in [-0.05, 0) is 23.8 Å². The van der Waals surface area contributed by atoms with Gasteiger partial charge in [-0.25, -0.2) is 0 Å². The van der Waals surface area contributed by atoms with Crippen LogP contribution in [0, 0.1) is 0 Å². The van der Waals surface area contributed by atoms with E-state index >= 15 is 0 Å². The lowest BCUT2D eigenvalue weighted by atomic mass is 10.1. The number of aromatic hydroxyl groups is 2. The third kappa shape index (κ3) is 1.91. The Kier molecular flexibility index (Phi) is 2.45. The fourth-order valence-electron chi connectivity index (χ4n) is 1.89. The maximum Gasteiger partial charge on any atom is 0.235 e. The number of fused-ring (bicyclic) bond motifs is 1. The number of phenolic OH excluding ortho intramolecular Hbond substituents is 2. The second-order valence-corrected chi connectivity index (χ2v) is 4.06. The molecule has 0 saturated carbocycles. The zero-order valence-electron chi connectivity index (χ0n) is 9.70. The molecule has 0 saturated heterocycles. The minimum Gasteiger partial charge on any atom is -0.508 e. The molecule has 2 heterocycles. The predicted octanol–water partition coefficient (Wildman–Crippen LogP) is 2.11. The van der Waals surface area contributed by atoms with Crippen LogP contribution < -0.4 is 4.74 Å². The number of aromatic nitrogens is 1. The van der Waals surface area contributed by atoms with Gasteiger partial charge in [0, 0.05) is 24.5 Å². The number of Topliss-reactive ketones (excluding diaryl/α,β-unsaturated/α-hetero) is 1. The highest BCUT2D eigenvalue weighted by Gasteiger charge is 2.31. The van der Waals surface area contributed by atoms with Gasteiger partial charge in [0.15, 0.2) is 5.76 Å². The number of benzene rings is 1. The number of allylic oxidation sites excluding steroid dienone is 1. The van der Waals surface area contributed by atoms with Crippen LogP contribution in [-0.2, 0) is 0 Å². The zero-order chi connectivity index (χ0) is 13.4. The quantitative estimate of drug-likeness (QED) is 0.763. The van der Waals surface area contributed by atoms with Crippen molar-refractivity contribution in [1.82, 2.24) is 4.98 Å². The van der Waals surface area contributed by atoms with Crippen molar-refractivity contribution in [3.63, 3.8) is 0 Å². The van der Waals surface area contributed by atoms with Gasteiger partial charge in [-0.3, -0.25) is 9.78 Å². The summed E-state index contributed by atoms with van der Waals surface area (Å²) in [6.07, 6.45) is 4.75. The first kappa shape index (κ1) is 11.3. The molecule has 5 nitrogen and oxygen atoms in total. The molecule has 1 aromatic carbocycles. The van der Waals surface area contributed by atoms with E-state index in [0.717, 1.165) is 11.6 Å². The largest absolute Gasteiger partial charge is 0.508 e. The van der Waals surface area contributed by atoms with Gasteiger partial charge in [0.2, 0.25) is 5.78 Å². The van der Waals surface area contributed by atoms with Crippen LogP contribution in [0.25, 0.3) is 6.08 Å². The van der Waals surface area contributed by atoms with E-state index in [9.17, 15) is 15.0 Å². The summed E-state index contributed by atoms with van der Waals surface area (Å²) in [7, 11) is 0. The molecule has 0 amide bonds. The van der Waals surface area contributed by atoms with Crippen LogP contribution in [0.4, 0.5) is 0 Å². The van der Waals surface area contributed by atoms with Crippen LogP contribution in [0.1, 0.15) is 15.9 Å². The van der Waals surface area contributed by atoms with E-state index in [1.807, 2.05) is 0 Å². The van der Waals surface area contributed by atoms with Gasteiger partial charge in [0.25, 0.3) is 0 Å². The number of ether oxygens (including phenoxy) is 1. The minimum absolute atomic E-state index is 0.0677. The van der Waals surface area contributed by atoms with Crippen LogP contribution >= 0.6 is 0 Å². The molecule has 94 valence electrons. The Morgan fingerprint density at radius 3 is 2.63 bits per heavy atom. The van der Waals surface area contributed by atoms with Crippen molar-refractivity contribution in [3.05, 3.63) is 53.5 Å². The lowest BCUT2D eigenvalue weighted by molar-refractivity contribution is 0.101. The second-order valence-electron chi connectivity index (χ2n) is 4.06. The fraction of sp³-hybridized carbons (Fsp3) is 0. The maximum atomic E-state index is 12.1. The number of phenols is 2. The Bertz CT molecular complexity index is 692. The normalized spacial score (nSPS) is 15.4. The zero-order valence-corrected chi connectivity index (χ0v) is 9.70. The van der Waals surface area contributed by atoms with E-state index in [2.05, 4.69) is 4.98 Å². The Balaban J connectivity index is 2.05. The van der Waals surface area contributed by atoms with E-state index in [0.29, 0.717) is 0 Å². The number of ketones is 1. The van der Waals surface area contributed by atoms with Gasteiger partial charge in [0.05, 0.1) is 0 Å². The van der Waals surface area contributed by atoms with E-state index in [4.69, 9.17) is 4.74 Å². The number of carbonyl (C=O) groups excluding carboxylic acids is 1. The molecule has 2 N–H and O–H groups in total. The van der Waals surface area contributed by atoms with Gasteiger partial charge in [0.1, 0.15) is 22.8 Å². The Morgan fingerprint density at radius 1 is 1.16 bits per heavy atom. The topological polar surface area (TPSA) is 79.7 Å². The molecule has 0 fully saturated rings. The van der Waals surface area contributed by atoms with Gasteiger partial charge < -0.3 is 14.9 Å². The fourth-order valence-corrected chi connectivity index (χ4v) is 1.89. The summed E-state index contributed by atoms with van der Waals surface area (Å²) < 4.78 is 5.36. The molecule has 0 atom stereocenters. The van der Waals surface area contributed by atoms with Crippen molar-refractivity contribution in [1.29, 1.82) is 0 Å². The molecular formula is C14H9NO4. The summed E-state index contributed by atoms with van der Waals surface area (Å²) in [5.74, 6) is -0.610. The smallest absolute Gasteiger partial charge is 0.235 e. The maximum absolute atomic E-state index is 12.1. The van der Waals surface area contributed by atoms with Crippen LogP contribution in [-0.4, -0.2) is 21.0 Å². The van der Waals surface area contributed by atoms with Crippen LogP contribution in [0.5, 0.6) is 17.2 Å². The van der Waals surface area contributed by atoms with Crippen molar-refractivity contribution >= 4 is 11.9 Å². The molecule has 5 heteroatoms. The van der Waals surface area contributed by atoms with Gasteiger partial charge in [-0.2, -0.15) is 0 Å². The van der Waals surface area contributed by atoms with E-state index in [1.54, 1.807) is 30.6 Å². The summed E-state index contributed by atoms with van der Waals surface area (Å²) in [5.41, 5.74) is 0.827. The molecule has 1 aliphatic rings. The van der Waals surface area contributed by atoms with E-state index in [1.165, 1.54) is 6.07 Å². The Morgan fingerprint density at radius 2 is 1.89 bits per heavy atom. The molecule has 0 aliphatic carbocycles. The summed E-state index contributed by atoms with van der Waals surface area (Å²) in [6.45, 7) is 0. The van der Waals surface area contributed by atoms with Crippen molar-refractivity contribution in [2.45, 2.75) is 0 Å². The molecule has 2 aromatic rings. The Hall–Kier alpha value is -2.82. The first-order chi connectivity index (χ1) is 9.15. The summed E-state index contributed by atoms with van der Waals surface area (Å²) in [4.78, 5) is 16.0. The average Bonchev–Trinajstić information content (AvgIpc) is 2.67. The molecule has 1 aliphatic heterocycles. The molecule has 0 bridgehead atoms. The average molecular weight is 255 g/mol. The first-order valence-electron chi connectivity index (χ1n) is 5.55. The molecule has 1 aromatic heterocycles. The predicted molar refractivity (Wildman–Crippen MR) is 66.9 cm³/mol. The highest BCUT2D eigenvalue weighted by Crippen LogP contribution is 2.40. The van der Waals surface area contributed by atoms with Crippen molar-refractivity contribution in [2.24, 2.45) is 0 Å². The van der Waals surface area contributed by atoms with Crippen LogP contribution in [0.3, 0.4) is 0 Å². The standard InChI is InChI=1S/C14H9NO4/c16-9-6-10(17)13-11(7-9)19-12(14(13)18)5-8-1-3-15-4-2-8/h1-7,16-17H/b12-5-. The number of pyridine rings is 1. The number of rotatable bonds is 1. The van der Waals surface area contributed by atoms with Crippen molar-refractivity contribution in [2.75, 3.05) is 0 Å². The molecule has 0 spiro atoms. The van der Waals surface area contributed by atoms with Crippen molar-refractivity contribution < 1.29 is 19.7 Å². The minimum atomic E-state index is -0.413. The number of carbonyl (C=O) groups is 1. The van der Waals surface area contributed by atoms with Crippen molar-refractivity contribution in [3.8, 4) is 17.2 Å². The molecule has 0 radical (unpaired) electrons. The summed E-state index contributed by atoms with van der Waals surface area (Å²) in [6, 6.07) is 5.85. The van der Waals surface area contributed by atoms with Gasteiger partial charge in [-0.1, -0.05) is 0 Å². The molecular weight excluding hydrogens is 246 g/mol. The number of hydrogen-bond acceptors (Lipinski definition) is 5. The van der Waals surface area contributed by atoms with E-state index in [-0.39, 0.29) is 28.6 Å². The van der Waals surface area contributed by atoms with Gasteiger partial charge in [-0.15, -0.1) is 0 Å². The van der Waals surface area contributed by atoms with Crippen LogP contribution in [0.2, 0.25) is 0 Å². The highest BCUT2D eigenvalue weighted by molar-refractivity contribution is 6.16. The first-order valence-corrected chi connectivity index (χ1v) is 5.55. The lowest BCUT2D eigenvalue weighted by Gasteiger charge is -2.00. The SMILES string of the molecule is O=C1/C(=C/c2ccncc2)Oc2cc(O)cc(O)c21. The van der Waals surface area contributed by atoms with Gasteiger partial charge >= 0.3 is 0 Å². The lowest BCUT2D eigenvalue weighted by Crippen LogP contribution is -1.98. The van der Waals surface area contributed by atoms with E-state index < -0.39 is 5.78 Å². The third-order valence-electron chi connectivity index (χ3n) is 2.74. The monoisotopic (exact) mass is 255 g/mol. The number of hydrogen-bond donors (Lipinski definition) is 2. The molecule has 19 heavy (non-hydrogen) atoms. The van der Waals surface area contributed by atoms with Crippen LogP contribution in [0.15, 0.2) is 42.4 Å².